The van der Waals surface area contributed by atoms with E-state index in [9.17, 15) is 9.59 Å². The number of anilines is 3. The normalized spacial score (nSPS) is 10.9. The van der Waals surface area contributed by atoms with Gasteiger partial charge in [-0.3, -0.25) is 0 Å². The number of carbonyl (C=O) groups excluding carboxylic acids is 2. The molecular weight excluding hydrogens is 390 g/mol. The fraction of sp³-hybridized carbons (Fsp3) is 0.0769. The van der Waals surface area contributed by atoms with E-state index >= 15 is 0 Å². The van der Waals surface area contributed by atoms with Crippen molar-refractivity contribution in [3.63, 3.8) is 0 Å². The molecule has 156 valence electrons. The molecule has 0 spiro atoms. The quantitative estimate of drug-likeness (QED) is 0.265. The van der Waals surface area contributed by atoms with Gasteiger partial charge in [-0.25, -0.2) is 9.59 Å². The second kappa shape index (κ2) is 10.6. The molecule has 0 bridgehead atoms. The van der Waals surface area contributed by atoms with Gasteiger partial charge in [-0.05, 0) is 74.5 Å². The van der Waals surface area contributed by atoms with Crippen LogP contribution in [0, 0.1) is 0 Å². The van der Waals surface area contributed by atoms with E-state index in [0.29, 0.717) is 11.5 Å². The highest BCUT2D eigenvalue weighted by atomic mass is 16.5. The molecule has 3 aromatic rings. The lowest BCUT2D eigenvalue weighted by atomic mass is 10.2. The van der Waals surface area contributed by atoms with Crippen LogP contribution in [0.5, 0.6) is 11.5 Å². The van der Waals surface area contributed by atoms with E-state index in [1.165, 1.54) is 12.2 Å². The summed E-state index contributed by atoms with van der Waals surface area (Å²) < 4.78 is 10.6. The van der Waals surface area contributed by atoms with E-state index < -0.39 is 11.9 Å². The monoisotopic (exact) mass is 413 g/mol. The molecule has 0 N–H and O–H groups in total. The minimum atomic E-state index is -0.418. The highest BCUT2D eigenvalue weighted by Crippen LogP contribution is 2.35. The van der Waals surface area contributed by atoms with E-state index in [2.05, 4.69) is 4.90 Å². The second-order valence-electron chi connectivity index (χ2n) is 6.50. The van der Waals surface area contributed by atoms with Crippen molar-refractivity contribution in [2.24, 2.45) is 0 Å². The average molecular weight is 413 g/mol. The average Bonchev–Trinajstić information content (AvgIpc) is 2.77. The third-order valence-corrected chi connectivity index (χ3v) is 4.25. The van der Waals surface area contributed by atoms with Crippen LogP contribution < -0.4 is 14.4 Å². The minimum absolute atomic E-state index is 0.418. The Kier molecular flexibility index (Phi) is 7.38. The van der Waals surface area contributed by atoms with Gasteiger partial charge in [0, 0.05) is 29.2 Å². The number of nitrogens with zero attached hydrogens (tertiary/aromatic N) is 1. The van der Waals surface area contributed by atoms with Crippen LogP contribution in [0.4, 0.5) is 17.1 Å². The van der Waals surface area contributed by atoms with Crippen LogP contribution in [0.1, 0.15) is 13.8 Å². The fourth-order valence-corrected chi connectivity index (χ4v) is 2.92. The van der Waals surface area contributed by atoms with Crippen molar-refractivity contribution in [2.75, 3.05) is 4.90 Å². The Bertz CT molecular complexity index is 999. The zero-order valence-electron chi connectivity index (χ0n) is 17.4. The largest absolute Gasteiger partial charge is 0.423 e. The Morgan fingerprint density at radius 1 is 0.613 bits per heavy atom. The summed E-state index contributed by atoms with van der Waals surface area (Å²) in [7, 11) is 0. The van der Waals surface area contributed by atoms with Crippen LogP contribution in [-0.2, 0) is 9.59 Å². The summed E-state index contributed by atoms with van der Waals surface area (Å²) >= 11 is 0. The number of rotatable bonds is 7. The van der Waals surface area contributed by atoms with Gasteiger partial charge in [0.1, 0.15) is 11.5 Å². The molecule has 0 aliphatic carbocycles. The van der Waals surface area contributed by atoms with Gasteiger partial charge in [-0.2, -0.15) is 0 Å². The first kappa shape index (κ1) is 21.6. The highest BCUT2D eigenvalue weighted by Gasteiger charge is 2.13. The number of para-hydroxylation sites is 1. The number of ether oxygens (including phenoxy) is 2. The topological polar surface area (TPSA) is 55.8 Å². The van der Waals surface area contributed by atoms with Crippen LogP contribution in [0.25, 0.3) is 0 Å². The third-order valence-electron chi connectivity index (χ3n) is 4.25. The van der Waals surface area contributed by atoms with Crippen LogP contribution in [0.15, 0.2) is 103 Å². The lowest BCUT2D eigenvalue weighted by Crippen LogP contribution is -2.10. The van der Waals surface area contributed by atoms with E-state index in [-0.39, 0.29) is 0 Å². The number of hydrogen-bond acceptors (Lipinski definition) is 5. The van der Waals surface area contributed by atoms with E-state index in [0.717, 1.165) is 17.1 Å². The van der Waals surface area contributed by atoms with Crippen molar-refractivity contribution in [1.29, 1.82) is 0 Å². The Labute approximate surface area is 181 Å². The lowest BCUT2D eigenvalue weighted by Gasteiger charge is -2.25. The zero-order chi connectivity index (χ0) is 22.1. The molecule has 5 heteroatoms. The molecule has 0 aromatic heterocycles. The number of carbonyl (C=O) groups is 2. The first-order valence-electron chi connectivity index (χ1n) is 9.85. The molecule has 0 saturated heterocycles. The summed E-state index contributed by atoms with van der Waals surface area (Å²) in [5.74, 6) is 0.0913. The van der Waals surface area contributed by atoms with Crippen LogP contribution in [-0.4, -0.2) is 11.9 Å². The molecule has 0 aliphatic rings. The smallest absolute Gasteiger partial charge is 0.335 e. The molecule has 3 rings (SSSR count). The lowest BCUT2D eigenvalue weighted by molar-refractivity contribution is -0.129. The molecular formula is C26H23NO4. The molecule has 0 saturated carbocycles. The van der Waals surface area contributed by atoms with Crippen LogP contribution >= 0.6 is 0 Å². The van der Waals surface area contributed by atoms with Gasteiger partial charge < -0.3 is 14.4 Å². The van der Waals surface area contributed by atoms with Crippen LogP contribution in [0.2, 0.25) is 0 Å². The van der Waals surface area contributed by atoms with Crippen molar-refractivity contribution >= 4 is 29.0 Å². The molecule has 0 unspecified atom stereocenters. The molecule has 0 atom stereocenters. The second-order valence-corrected chi connectivity index (χ2v) is 6.50. The van der Waals surface area contributed by atoms with Gasteiger partial charge in [-0.1, -0.05) is 30.4 Å². The maximum atomic E-state index is 11.7. The van der Waals surface area contributed by atoms with Gasteiger partial charge in [0.2, 0.25) is 0 Å². The fourth-order valence-electron chi connectivity index (χ4n) is 2.92. The van der Waals surface area contributed by atoms with Gasteiger partial charge in [0.05, 0.1) is 0 Å². The number of hydrogen-bond donors (Lipinski definition) is 0. The molecule has 31 heavy (non-hydrogen) atoms. The van der Waals surface area contributed by atoms with Gasteiger partial charge in [-0.15, -0.1) is 0 Å². The van der Waals surface area contributed by atoms with Gasteiger partial charge in [0.15, 0.2) is 0 Å². The van der Waals surface area contributed by atoms with E-state index in [4.69, 9.17) is 9.47 Å². The maximum Gasteiger partial charge on any atom is 0.335 e. The van der Waals surface area contributed by atoms with Crippen molar-refractivity contribution in [2.45, 2.75) is 13.8 Å². The Hall–Kier alpha value is -4.12. The predicted molar refractivity (Wildman–Crippen MR) is 122 cm³/mol. The first-order chi connectivity index (χ1) is 15.1. The molecule has 0 amide bonds. The van der Waals surface area contributed by atoms with Crippen molar-refractivity contribution in [3.05, 3.63) is 103 Å². The number of benzene rings is 3. The first-order valence-corrected chi connectivity index (χ1v) is 9.85. The number of allylic oxidation sites excluding steroid dienone is 2. The molecule has 0 heterocycles. The van der Waals surface area contributed by atoms with Crippen molar-refractivity contribution < 1.29 is 19.1 Å². The Morgan fingerprint density at radius 3 is 1.39 bits per heavy atom. The molecule has 0 fully saturated rings. The van der Waals surface area contributed by atoms with Gasteiger partial charge in [0.25, 0.3) is 0 Å². The van der Waals surface area contributed by atoms with Crippen molar-refractivity contribution in [3.8, 4) is 11.5 Å². The summed E-state index contributed by atoms with van der Waals surface area (Å²) in [4.78, 5) is 25.4. The summed E-state index contributed by atoms with van der Waals surface area (Å²) in [6, 6.07) is 24.4. The standard InChI is InChI=1S/C26H23NO4/c1-3-8-25(28)30-23-16-12-21(13-17-23)27(20-10-6-5-7-11-20)22-14-18-24(19-15-22)31-26(29)9-4-2/h3-19H,1-2H3. The number of esters is 2. The summed E-state index contributed by atoms with van der Waals surface area (Å²) in [5.41, 5.74) is 2.73. The SMILES string of the molecule is CC=CC(=O)Oc1ccc(N(c2ccccc2)c2ccc(OC(=O)C=CC)cc2)cc1. The minimum Gasteiger partial charge on any atom is -0.423 e. The van der Waals surface area contributed by atoms with E-state index in [1.54, 1.807) is 50.3 Å². The summed E-state index contributed by atoms with van der Waals surface area (Å²) in [6.45, 7) is 3.52. The summed E-state index contributed by atoms with van der Waals surface area (Å²) in [5, 5.41) is 0. The molecule has 0 radical (unpaired) electrons. The maximum absolute atomic E-state index is 11.7. The van der Waals surface area contributed by atoms with Gasteiger partial charge >= 0.3 is 11.9 Å². The zero-order valence-corrected chi connectivity index (χ0v) is 17.4. The molecule has 0 aliphatic heterocycles. The Morgan fingerprint density at radius 2 is 1.00 bits per heavy atom. The van der Waals surface area contributed by atoms with Crippen molar-refractivity contribution in [1.82, 2.24) is 0 Å². The van der Waals surface area contributed by atoms with E-state index in [1.807, 2.05) is 54.6 Å². The predicted octanol–water partition coefficient (Wildman–Crippen LogP) is 6.12. The Balaban J connectivity index is 1.89. The highest BCUT2D eigenvalue weighted by molar-refractivity contribution is 5.85. The third kappa shape index (κ3) is 5.93. The summed E-state index contributed by atoms with van der Waals surface area (Å²) in [6.07, 6.45) is 6.00. The molecule has 5 nitrogen and oxygen atoms in total. The van der Waals surface area contributed by atoms with Crippen LogP contribution in [0.3, 0.4) is 0 Å². The molecule has 3 aromatic carbocycles.